The van der Waals surface area contributed by atoms with Gasteiger partial charge in [-0.15, -0.1) is 0 Å². The van der Waals surface area contributed by atoms with Crippen LogP contribution in [0.25, 0.3) is 5.69 Å². The molecule has 0 radical (unpaired) electrons. The number of nitrogens with zero attached hydrogens (tertiary/aromatic N) is 2. The summed E-state index contributed by atoms with van der Waals surface area (Å²) in [5, 5.41) is 7.83. The number of nitrogens with one attached hydrogen (secondary N) is 1. The highest BCUT2D eigenvalue weighted by Crippen LogP contribution is 2.25. The van der Waals surface area contributed by atoms with Crippen LogP contribution in [0.5, 0.6) is 0 Å². The second kappa shape index (κ2) is 7.41. The standard InChI is InChI=1S/C18H25N3/c1-2-5-16(6-3-1)11-13-19-15-17-7-9-18(10-8-17)21-14-4-12-20-21/h4,7-10,12,14,16,19H,1-3,5-6,11,13,15H2. The second-order valence-electron chi connectivity index (χ2n) is 6.09. The van der Waals surface area contributed by atoms with Crippen molar-refractivity contribution >= 4 is 0 Å². The molecule has 3 rings (SSSR count). The van der Waals surface area contributed by atoms with Crippen LogP contribution in [0.3, 0.4) is 0 Å². The van der Waals surface area contributed by atoms with Gasteiger partial charge in [0.25, 0.3) is 0 Å². The van der Waals surface area contributed by atoms with E-state index in [2.05, 4.69) is 34.7 Å². The SMILES string of the molecule is c1cnn(-c2ccc(CNCCC3CCCCC3)cc2)c1. The second-order valence-corrected chi connectivity index (χ2v) is 6.09. The van der Waals surface area contributed by atoms with Crippen molar-refractivity contribution in [3.63, 3.8) is 0 Å². The Kier molecular flexibility index (Phi) is 5.06. The van der Waals surface area contributed by atoms with Crippen molar-refractivity contribution in [3.8, 4) is 5.69 Å². The Hall–Kier alpha value is -1.61. The molecule has 0 atom stereocenters. The number of aromatic nitrogens is 2. The third-order valence-electron chi connectivity index (χ3n) is 4.49. The monoisotopic (exact) mass is 283 g/mol. The smallest absolute Gasteiger partial charge is 0.0645 e. The van der Waals surface area contributed by atoms with Gasteiger partial charge in [-0.1, -0.05) is 44.2 Å². The van der Waals surface area contributed by atoms with Crippen LogP contribution in [0.2, 0.25) is 0 Å². The third kappa shape index (κ3) is 4.18. The van der Waals surface area contributed by atoms with Gasteiger partial charge >= 0.3 is 0 Å². The van der Waals surface area contributed by atoms with Crippen molar-refractivity contribution in [2.24, 2.45) is 5.92 Å². The normalized spacial score (nSPS) is 16.2. The molecule has 21 heavy (non-hydrogen) atoms. The minimum absolute atomic E-state index is 0.964. The zero-order valence-electron chi connectivity index (χ0n) is 12.7. The average molecular weight is 283 g/mol. The van der Waals surface area contributed by atoms with Gasteiger partial charge in [-0.3, -0.25) is 0 Å². The largest absolute Gasteiger partial charge is 0.313 e. The molecule has 112 valence electrons. The van der Waals surface area contributed by atoms with Crippen molar-refractivity contribution in [1.29, 1.82) is 0 Å². The van der Waals surface area contributed by atoms with Gasteiger partial charge in [-0.05, 0) is 42.6 Å². The molecule has 1 fully saturated rings. The molecule has 1 aliphatic rings. The number of benzene rings is 1. The van der Waals surface area contributed by atoms with Crippen LogP contribution in [-0.4, -0.2) is 16.3 Å². The summed E-state index contributed by atoms with van der Waals surface area (Å²) in [5.74, 6) is 0.966. The zero-order chi connectivity index (χ0) is 14.3. The molecule has 1 heterocycles. The molecule has 1 N–H and O–H groups in total. The summed E-state index contributed by atoms with van der Waals surface area (Å²) < 4.78 is 1.89. The van der Waals surface area contributed by atoms with Crippen LogP contribution in [0.4, 0.5) is 0 Å². The topological polar surface area (TPSA) is 29.9 Å². The van der Waals surface area contributed by atoms with Crippen LogP contribution >= 0.6 is 0 Å². The maximum Gasteiger partial charge on any atom is 0.0645 e. The van der Waals surface area contributed by atoms with Gasteiger partial charge < -0.3 is 5.32 Å². The molecule has 0 unspecified atom stereocenters. The van der Waals surface area contributed by atoms with Gasteiger partial charge in [0.15, 0.2) is 0 Å². The molecular weight excluding hydrogens is 258 g/mol. The highest BCUT2D eigenvalue weighted by molar-refractivity contribution is 5.33. The average Bonchev–Trinajstić information content (AvgIpc) is 3.08. The maximum absolute atomic E-state index is 4.24. The van der Waals surface area contributed by atoms with Gasteiger partial charge in [-0.25, -0.2) is 4.68 Å². The molecule has 1 aromatic carbocycles. The first-order chi connectivity index (χ1) is 10.4. The first kappa shape index (κ1) is 14.3. The van der Waals surface area contributed by atoms with Gasteiger partial charge in [0.1, 0.15) is 0 Å². The van der Waals surface area contributed by atoms with Gasteiger partial charge in [-0.2, -0.15) is 5.10 Å². The summed E-state index contributed by atoms with van der Waals surface area (Å²) in [6.07, 6.45) is 12.3. The van der Waals surface area contributed by atoms with Gasteiger partial charge in [0, 0.05) is 18.9 Å². The Morgan fingerprint density at radius 2 is 1.90 bits per heavy atom. The molecule has 0 aliphatic heterocycles. The van der Waals surface area contributed by atoms with E-state index >= 15 is 0 Å². The number of rotatable bonds is 6. The zero-order valence-corrected chi connectivity index (χ0v) is 12.7. The first-order valence-corrected chi connectivity index (χ1v) is 8.21. The van der Waals surface area contributed by atoms with E-state index in [1.54, 1.807) is 6.20 Å². The van der Waals surface area contributed by atoms with Crippen molar-refractivity contribution in [3.05, 3.63) is 48.3 Å². The lowest BCUT2D eigenvalue weighted by atomic mass is 9.87. The summed E-state index contributed by atoms with van der Waals surface area (Å²) in [5.41, 5.74) is 2.46. The number of hydrogen-bond acceptors (Lipinski definition) is 2. The van der Waals surface area contributed by atoms with Gasteiger partial charge in [0.2, 0.25) is 0 Å². The minimum Gasteiger partial charge on any atom is -0.313 e. The Bertz CT molecular complexity index is 510. The maximum atomic E-state index is 4.24. The molecule has 3 heteroatoms. The van der Waals surface area contributed by atoms with Crippen LogP contribution in [0, 0.1) is 5.92 Å². The summed E-state index contributed by atoms with van der Waals surface area (Å²) >= 11 is 0. The van der Waals surface area contributed by atoms with E-state index in [0.29, 0.717) is 0 Å². The van der Waals surface area contributed by atoms with Crippen molar-refractivity contribution < 1.29 is 0 Å². The molecule has 0 amide bonds. The molecular formula is C18H25N3. The molecule has 3 nitrogen and oxygen atoms in total. The number of hydrogen-bond donors (Lipinski definition) is 1. The van der Waals surface area contributed by atoms with Crippen LogP contribution in [0.1, 0.15) is 44.1 Å². The molecule has 1 saturated carbocycles. The molecule has 2 aromatic rings. The summed E-state index contributed by atoms with van der Waals surface area (Å²) in [7, 11) is 0. The lowest BCUT2D eigenvalue weighted by Crippen LogP contribution is -2.19. The lowest BCUT2D eigenvalue weighted by molar-refractivity contribution is 0.334. The molecule has 1 aromatic heterocycles. The van der Waals surface area contributed by atoms with E-state index in [4.69, 9.17) is 0 Å². The van der Waals surface area contributed by atoms with Crippen LogP contribution in [0.15, 0.2) is 42.7 Å². The van der Waals surface area contributed by atoms with Crippen molar-refractivity contribution in [2.75, 3.05) is 6.54 Å². The predicted octanol–water partition coefficient (Wildman–Crippen LogP) is 3.93. The fraction of sp³-hybridized carbons (Fsp3) is 0.500. The fourth-order valence-corrected chi connectivity index (χ4v) is 3.20. The quantitative estimate of drug-likeness (QED) is 0.814. The lowest BCUT2D eigenvalue weighted by Gasteiger charge is -2.21. The first-order valence-electron chi connectivity index (χ1n) is 8.21. The van der Waals surface area contributed by atoms with E-state index < -0.39 is 0 Å². The van der Waals surface area contributed by atoms with E-state index in [-0.39, 0.29) is 0 Å². The highest BCUT2D eigenvalue weighted by atomic mass is 15.3. The Balaban J connectivity index is 1.41. The molecule has 0 saturated heterocycles. The summed E-state index contributed by atoms with van der Waals surface area (Å²) in [6.45, 7) is 2.11. The van der Waals surface area contributed by atoms with Crippen molar-refractivity contribution in [1.82, 2.24) is 15.1 Å². The summed E-state index contributed by atoms with van der Waals surface area (Å²) in [4.78, 5) is 0. The van der Waals surface area contributed by atoms with Gasteiger partial charge in [0.05, 0.1) is 5.69 Å². The Labute approximate surface area is 127 Å². The molecule has 0 spiro atoms. The van der Waals surface area contributed by atoms with E-state index in [1.807, 2.05) is 16.9 Å². The van der Waals surface area contributed by atoms with Crippen LogP contribution in [-0.2, 0) is 6.54 Å². The fourth-order valence-electron chi connectivity index (χ4n) is 3.20. The van der Waals surface area contributed by atoms with E-state index in [0.717, 1.165) is 24.7 Å². The summed E-state index contributed by atoms with van der Waals surface area (Å²) in [6, 6.07) is 10.6. The minimum atomic E-state index is 0.964. The van der Waals surface area contributed by atoms with E-state index in [9.17, 15) is 0 Å². The Morgan fingerprint density at radius 3 is 2.62 bits per heavy atom. The molecule has 0 bridgehead atoms. The third-order valence-corrected chi connectivity index (χ3v) is 4.49. The van der Waals surface area contributed by atoms with E-state index in [1.165, 1.54) is 44.1 Å². The van der Waals surface area contributed by atoms with Crippen molar-refractivity contribution in [2.45, 2.75) is 45.1 Å². The highest BCUT2D eigenvalue weighted by Gasteiger charge is 2.12. The Morgan fingerprint density at radius 1 is 1.10 bits per heavy atom. The van der Waals surface area contributed by atoms with Crippen LogP contribution < -0.4 is 5.32 Å². The predicted molar refractivity (Wildman–Crippen MR) is 86.5 cm³/mol. The molecule has 1 aliphatic carbocycles.